The fourth-order valence-corrected chi connectivity index (χ4v) is 2.19. The minimum absolute atomic E-state index is 0.0714. The number of hydrazone groups is 1. The van der Waals surface area contributed by atoms with Gasteiger partial charge >= 0.3 is 0 Å². The molecule has 2 rings (SSSR count). The molecule has 1 aromatic heterocycles. The molecule has 0 fully saturated rings. The summed E-state index contributed by atoms with van der Waals surface area (Å²) in [6.45, 7) is 2.05. The number of rotatable bonds is 8. The Bertz CT molecular complexity index is 799. The number of amides is 2. The van der Waals surface area contributed by atoms with Crippen molar-refractivity contribution in [2.24, 2.45) is 5.10 Å². The molecule has 2 aromatic rings. The van der Waals surface area contributed by atoms with Gasteiger partial charge in [-0.05, 0) is 30.7 Å². The molecule has 1 aromatic carbocycles. The Hall–Kier alpha value is -3.42. The molecule has 8 nitrogen and oxygen atoms in total. The fraction of sp³-hybridized carbons (Fsp3) is 0.263. The number of ether oxygens (including phenoxy) is 2. The van der Waals surface area contributed by atoms with Gasteiger partial charge in [-0.3, -0.25) is 14.6 Å². The monoisotopic (exact) mass is 370 g/mol. The molecule has 2 N–H and O–H groups in total. The SMILES string of the molecule is COc1cc(OC)cc(C(=O)N/N=C(\C)CC(=O)NCc2cccnc2)c1. The lowest BCUT2D eigenvalue weighted by Crippen LogP contribution is -2.26. The maximum absolute atomic E-state index is 12.2. The van der Waals surface area contributed by atoms with Crippen LogP contribution in [0.1, 0.15) is 29.3 Å². The van der Waals surface area contributed by atoms with Crippen LogP contribution in [0.2, 0.25) is 0 Å². The number of nitrogens with zero attached hydrogens (tertiary/aromatic N) is 2. The van der Waals surface area contributed by atoms with Crippen molar-refractivity contribution in [1.82, 2.24) is 15.7 Å². The summed E-state index contributed by atoms with van der Waals surface area (Å²) in [5.74, 6) is 0.365. The molecule has 2 amide bonds. The fourth-order valence-electron chi connectivity index (χ4n) is 2.19. The van der Waals surface area contributed by atoms with E-state index in [0.717, 1.165) is 5.56 Å². The van der Waals surface area contributed by atoms with Crippen molar-refractivity contribution in [3.63, 3.8) is 0 Å². The van der Waals surface area contributed by atoms with E-state index in [1.165, 1.54) is 14.2 Å². The van der Waals surface area contributed by atoms with Crippen molar-refractivity contribution in [3.05, 3.63) is 53.9 Å². The van der Waals surface area contributed by atoms with Crippen LogP contribution in [-0.2, 0) is 11.3 Å². The molecule has 0 radical (unpaired) electrons. The summed E-state index contributed by atoms with van der Waals surface area (Å²) in [6.07, 6.45) is 3.43. The third-order valence-electron chi connectivity index (χ3n) is 3.59. The first-order valence-electron chi connectivity index (χ1n) is 8.24. The molecule has 0 saturated heterocycles. The van der Waals surface area contributed by atoms with Crippen LogP contribution in [0.25, 0.3) is 0 Å². The summed E-state index contributed by atoms with van der Waals surface area (Å²) in [5.41, 5.74) is 4.14. The highest BCUT2D eigenvalue weighted by molar-refractivity contribution is 6.01. The van der Waals surface area contributed by atoms with Crippen molar-refractivity contribution in [2.75, 3.05) is 14.2 Å². The second kappa shape index (κ2) is 9.91. The summed E-state index contributed by atoms with van der Waals surface area (Å²) >= 11 is 0. The van der Waals surface area contributed by atoms with Crippen molar-refractivity contribution in [2.45, 2.75) is 19.9 Å². The summed E-state index contributed by atoms with van der Waals surface area (Å²) in [7, 11) is 3.01. The standard InChI is InChI=1S/C19H22N4O4/c1-13(7-18(24)21-12-14-5-4-6-20-11-14)22-23-19(25)15-8-16(26-2)10-17(9-15)27-3/h4-6,8-11H,7,12H2,1-3H3,(H,21,24)(H,23,25)/b22-13+. The van der Waals surface area contributed by atoms with E-state index < -0.39 is 5.91 Å². The molecular weight excluding hydrogens is 348 g/mol. The Morgan fingerprint density at radius 1 is 1.15 bits per heavy atom. The molecule has 0 aliphatic rings. The van der Waals surface area contributed by atoms with Crippen molar-refractivity contribution < 1.29 is 19.1 Å². The van der Waals surface area contributed by atoms with Gasteiger partial charge in [0, 0.05) is 36.3 Å². The predicted octanol–water partition coefficient (Wildman–Crippen LogP) is 1.91. The van der Waals surface area contributed by atoms with Gasteiger partial charge in [0.1, 0.15) is 11.5 Å². The van der Waals surface area contributed by atoms with E-state index in [-0.39, 0.29) is 12.3 Å². The van der Waals surface area contributed by atoms with Gasteiger partial charge in [-0.15, -0.1) is 0 Å². The maximum Gasteiger partial charge on any atom is 0.271 e. The van der Waals surface area contributed by atoms with Gasteiger partial charge < -0.3 is 14.8 Å². The second-order valence-corrected chi connectivity index (χ2v) is 5.70. The van der Waals surface area contributed by atoms with Crippen molar-refractivity contribution >= 4 is 17.5 Å². The molecule has 0 atom stereocenters. The van der Waals surface area contributed by atoms with Crippen LogP contribution in [0.4, 0.5) is 0 Å². The Morgan fingerprint density at radius 2 is 1.85 bits per heavy atom. The average molecular weight is 370 g/mol. The topological polar surface area (TPSA) is 102 Å². The number of pyridine rings is 1. The smallest absolute Gasteiger partial charge is 0.271 e. The zero-order valence-corrected chi connectivity index (χ0v) is 15.5. The van der Waals surface area contributed by atoms with Crippen molar-refractivity contribution in [3.8, 4) is 11.5 Å². The lowest BCUT2D eigenvalue weighted by Gasteiger charge is -2.08. The molecule has 142 valence electrons. The maximum atomic E-state index is 12.2. The lowest BCUT2D eigenvalue weighted by molar-refractivity contribution is -0.120. The van der Waals surface area contributed by atoms with Gasteiger partial charge in [0.25, 0.3) is 5.91 Å². The Balaban J connectivity index is 1.88. The van der Waals surface area contributed by atoms with E-state index in [1.807, 2.05) is 6.07 Å². The van der Waals surface area contributed by atoms with Gasteiger partial charge in [-0.1, -0.05) is 6.07 Å². The summed E-state index contributed by atoms with van der Waals surface area (Å²) in [6, 6.07) is 8.48. The zero-order chi connectivity index (χ0) is 19.6. The molecule has 0 aliphatic heterocycles. The molecule has 0 bridgehead atoms. The number of methoxy groups -OCH3 is 2. The quantitative estimate of drug-likeness (QED) is 0.546. The third-order valence-corrected chi connectivity index (χ3v) is 3.59. The van der Waals surface area contributed by atoms with E-state index in [4.69, 9.17) is 9.47 Å². The highest BCUT2D eigenvalue weighted by Crippen LogP contribution is 2.22. The first-order chi connectivity index (χ1) is 13.0. The highest BCUT2D eigenvalue weighted by atomic mass is 16.5. The van der Waals surface area contributed by atoms with E-state index in [2.05, 4.69) is 20.8 Å². The normalized spacial score (nSPS) is 10.9. The van der Waals surface area contributed by atoms with E-state index in [1.54, 1.807) is 43.6 Å². The number of benzene rings is 1. The molecule has 27 heavy (non-hydrogen) atoms. The summed E-state index contributed by atoms with van der Waals surface area (Å²) in [5, 5.41) is 6.74. The number of nitrogens with one attached hydrogen (secondary N) is 2. The van der Waals surface area contributed by atoms with Gasteiger partial charge in [0.2, 0.25) is 5.91 Å². The largest absolute Gasteiger partial charge is 0.497 e. The predicted molar refractivity (Wildman–Crippen MR) is 101 cm³/mol. The zero-order valence-electron chi connectivity index (χ0n) is 15.5. The number of carbonyl (C=O) groups excluding carboxylic acids is 2. The molecule has 1 heterocycles. The van der Waals surface area contributed by atoms with Gasteiger partial charge in [0.15, 0.2) is 0 Å². The lowest BCUT2D eigenvalue weighted by atomic mass is 10.2. The third kappa shape index (κ3) is 6.43. The van der Waals surface area contributed by atoms with Crippen molar-refractivity contribution in [1.29, 1.82) is 0 Å². The Morgan fingerprint density at radius 3 is 2.44 bits per heavy atom. The molecule has 0 saturated carbocycles. The molecule has 0 unspecified atom stereocenters. The minimum atomic E-state index is -0.428. The molecule has 0 spiro atoms. The first-order valence-corrected chi connectivity index (χ1v) is 8.24. The van der Waals surface area contributed by atoms with Gasteiger partial charge in [-0.2, -0.15) is 5.10 Å². The van der Waals surface area contributed by atoms with Crippen LogP contribution in [0.3, 0.4) is 0 Å². The van der Waals surface area contributed by atoms with E-state index in [9.17, 15) is 9.59 Å². The molecular formula is C19H22N4O4. The average Bonchev–Trinajstić information content (AvgIpc) is 2.70. The van der Waals surface area contributed by atoms with Gasteiger partial charge in [-0.25, -0.2) is 5.43 Å². The van der Waals surface area contributed by atoms with Crippen LogP contribution in [0.15, 0.2) is 47.8 Å². The first kappa shape index (κ1) is 19.9. The van der Waals surface area contributed by atoms with Crippen LogP contribution >= 0.6 is 0 Å². The van der Waals surface area contributed by atoms with E-state index in [0.29, 0.717) is 29.3 Å². The Labute approximate surface area is 157 Å². The number of carbonyl (C=O) groups is 2. The molecule has 0 aliphatic carbocycles. The highest BCUT2D eigenvalue weighted by Gasteiger charge is 2.10. The summed E-state index contributed by atoms with van der Waals surface area (Å²) in [4.78, 5) is 28.2. The number of hydrogen-bond donors (Lipinski definition) is 2. The molecule has 8 heteroatoms. The van der Waals surface area contributed by atoms with Crippen LogP contribution < -0.4 is 20.2 Å². The number of aromatic nitrogens is 1. The summed E-state index contributed by atoms with van der Waals surface area (Å²) < 4.78 is 10.3. The van der Waals surface area contributed by atoms with Crippen LogP contribution in [-0.4, -0.2) is 36.7 Å². The minimum Gasteiger partial charge on any atom is -0.497 e. The van der Waals surface area contributed by atoms with Crippen LogP contribution in [0.5, 0.6) is 11.5 Å². The second-order valence-electron chi connectivity index (χ2n) is 5.70. The van der Waals surface area contributed by atoms with Gasteiger partial charge in [0.05, 0.1) is 20.6 Å². The number of hydrogen-bond acceptors (Lipinski definition) is 6. The van der Waals surface area contributed by atoms with E-state index >= 15 is 0 Å². The Kier molecular flexibility index (Phi) is 7.30. The van der Waals surface area contributed by atoms with Crippen LogP contribution in [0, 0.1) is 0 Å².